The van der Waals surface area contributed by atoms with Gasteiger partial charge in [-0.05, 0) is 41.1 Å². The molecule has 0 atom stereocenters. The summed E-state index contributed by atoms with van der Waals surface area (Å²) < 4.78 is 16.4. The van der Waals surface area contributed by atoms with Crippen molar-refractivity contribution in [1.29, 1.82) is 0 Å². The van der Waals surface area contributed by atoms with E-state index in [9.17, 15) is 10.1 Å². The van der Waals surface area contributed by atoms with Crippen molar-refractivity contribution in [1.82, 2.24) is 4.98 Å². The molecule has 116 valence electrons. The molecule has 2 aromatic rings. The number of hydrogen-bond acceptors (Lipinski definition) is 6. The number of para-hydroxylation sites is 2. The van der Waals surface area contributed by atoms with Crippen LogP contribution in [0.3, 0.4) is 0 Å². The summed E-state index contributed by atoms with van der Waals surface area (Å²) in [5.74, 6) is 1.07. The van der Waals surface area contributed by atoms with Crippen molar-refractivity contribution in [3.8, 4) is 17.2 Å². The van der Waals surface area contributed by atoms with E-state index in [-0.39, 0.29) is 24.8 Å². The van der Waals surface area contributed by atoms with E-state index in [1.165, 1.54) is 12.3 Å². The fraction of sp³-hybridized carbons (Fsp3) is 0.267. The molecule has 0 aliphatic carbocycles. The third kappa shape index (κ3) is 4.08. The zero-order valence-electron chi connectivity index (χ0n) is 12.1. The van der Waals surface area contributed by atoms with Crippen molar-refractivity contribution in [2.45, 2.75) is 6.92 Å². The maximum absolute atomic E-state index is 10.8. The minimum absolute atomic E-state index is 0.120. The van der Waals surface area contributed by atoms with Gasteiger partial charge in [0.15, 0.2) is 11.5 Å². The molecule has 0 saturated heterocycles. The number of rotatable bonds is 8. The zero-order chi connectivity index (χ0) is 15.8. The van der Waals surface area contributed by atoms with Gasteiger partial charge in [0, 0.05) is 0 Å². The lowest BCUT2D eigenvalue weighted by Gasteiger charge is -2.12. The second-order valence-corrected chi connectivity index (χ2v) is 4.16. The van der Waals surface area contributed by atoms with Gasteiger partial charge >= 0.3 is 5.82 Å². The summed E-state index contributed by atoms with van der Waals surface area (Å²) in [6, 6.07) is 10.4. The van der Waals surface area contributed by atoms with E-state index in [0.29, 0.717) is 18.1 Å². The first-order valence-electron chi connectivity index (χ1n) is 6.79. The molecule has 0 saturated carbocycles. The highest BCUT2D eigenvalue weighted by Crippen LogP contribution is 2.26. The molecule has 7 nitrogen and oxygen atoms in total. The molecule has 22 heavy (non-hydrogen) atoms. The molecule has 2 rings (SSSR count). The minimum Gasteiger partial charge on any atom is -0.490 e. The monoisotopic (exact) mass is 304 g/mol. The van der Waals surface area contributed by atoms with Crippen LogP contribution in [0.15, 0.2) is 42.6 Å². The predicted octanol–water partition coefficient (Wildman–Crippen LogP) is 2.85. The molecule has 0 N–H and O–H groups in total. The first kappa shape index (κ1) is 15.6. The molecule has 0 bridgehead atoms. The Kier molecular flexibility index (Phi) is 5.53. The van der Waals surface area contributed by atoms with Gasteiger partial charge in [-0.15, -0.1) is 0 Å². The quantitative estimate of drug-likeness (QED) is 0.423. The summed E-state index contributed by atoms with van der Waals surface area (Å²) >= 11 is 0. The van der Waals surface area contributed by atoms with Crippen molar-refractivity contribution in [3.05, 3.63) is 52.7 Å². The Balaban J connectivity index is 1.89. The lowest BCUT2D eigenvalue weighted by molar-refractivity contribution is -0.390. The minimum atomic E-state index is -0.583. The number of ether oxygens (including phenoxy) is 3. The normalized spacial score (nSPS) is 10.0. The average Bonchev–Trinajstić information content (AvgIpc) is 2.53. The van der Waals surface area contributed by atoms with E-state index in [2.05, 4.69) is 4.98 Å². The second kappa shape index (κ2) is 7.82. The summed E-state index contributed by atoms with van der Waals surface area (Å²) in [5, 5.41) is 10.8. The molecule has 7 heteroatoms. The molecule has 0 fully saturated rings. The Bertz CT molecular complexity index is 633. The Morgan fingerprint density at radius 2 is 1.59 bits per heavy atom. The number of hydrogen-bond donors (Lipinski definition) is 0. The molecule has 0 radical (unpaired) electrons. The Labute approximate surface area is 127 Å². The second-order valence-electron chi connectivity index (χ2n) is 4.16. The molecule has 1 aromatic heterocycles. The topological polar surface area (TPSA) is 83.7 Å². The number of nitro groups is 1. The largest absolute Gasteiger partial charge is 0.490 e. The lowest BCUT2D eigenvalue weighted by Crippen LogP contribution is -2.11. The highest BCUT2D eigenvalue weighted by Gasteiger charge is 2.15. The summed E-state index contributed by atoms with van der Waals surface area (Å²) in [7, 11) is 0. The highest BCUT2D eigenvalue weighted by atomic mass is 16.6. The number of pyridine rings is 1. The van der Waals surface area contributed by atoms with Crippen LogP contribution < -0.4 is 14.2 Å². The molecule has 1 aromatic carbocycles. The number of benzene rings is 1. The summed E-state index contributed by atoms with van der Waals surface area (Å²) in [6.07, 6.45) is 1.35. The van der Waals surface area contributed by atoms with Gasteiger partial charge < -0.3 is 24.3 Å². The molecule has 0 aliphatic heterocycles. The number of aromatic nitrogens is 1. The van der Waals surface area contributed by atoms with Gasteiger partial charge in [0.25, 0.3) is 0 Å². The van der Waals surface area contributed by atoms with Crippen molar-refractivity contribution in [2.24, 2.45) is 0 Å². The van der Waals surface area contributed by atoms with Crippen LogP contribution in [-0.2, 0) is 0 Å². The van der Waals surface area contributed by atoms with Crippen LogP contribution >= 0.6 is 0 Å². The highest BCUT2D eigenvalue weighted by molar-refractivity contribution is 5.40. The molecule has 0 aliphatic rings. The van der Waals surface area contributed by atoms with Crippen LogP contribution in [0.5, 0.6) is 17.2 Å². The third-order valence-electron chi connectivity index (χ3n) is 2.67. The van der Waals surface area contributed by atoms with E-state index in [4.69, 9.17) is 14.2 Å². The van der Waals surface area contributed by atoms with Gasteiger partial charge in [-0.2, -0.15) is 0 Å². The summed E-state index contributed by atoms with van der Waals surface area (Å²) in [5.41, 5.74) is 0. The van der Waals surface area contributed by atoms with Gasteiger partial charge in [0.2, 0.25) is 5.75 Å². The van der Waals surface area contributed by atoms with Gasteiger partial charge in [0.1, 0.15) is 19.4 Å². The van der Waals surface area contributed by atoms with E-state index in [1.54, 1.807) is 12.1 Å². The third-order valence-corrected chi connectivity index (χ3v) is 2.67. The van der Waals surface area contributed by atoms with Crippen molar-refractivity contribution in [3.63, 3.8) is 0 Å². The van der Waals surface area contributed by atoms with Crippen LogP contribution in [0.2, 0.25) is 0 Å². The molecule has 1 heterocycles. The molecular formula is C15H16N2O5. The van der Waals surface area contributed by atoms with Crippen LogP contribution in [0.1, 0.15) is 6.92 Å². The van der Waals surface area contributed by atoms with Crippen molar-refractivity contribution in [2.75, 3.05) is 19.8 Å². The Morgan fingerprint density at radius 3 is 2.23 bits per heavy atom. The van der Waals surface area contributed by atoms with E-state index >= 15 is 0 Å². The van der Waals surface area contributed by atoms with Gasteiger partial charge in [0.05, 0.1) is 6.61 Å². The fourth-order valence-corrected chi connectivity index (χ4v) is 1.78. The van der Waals surface area contributed by atoms with E-state index < -0.39 is 4.92 Å². The van der Waals surface area contributed by atoms with Crippen LogP contribution in [0.4, 0.5) is 5.82 Å². The Hall–Kier alpha value is -2.83. The average molecular weight is 304 g/mol. The van der Waals surface area contributed by atoms with Gasteiger partial charge in [-0.1, -0.05) is 12.1 Å². The Morgan fingerprint density at radius 1 is 1.00 bits per heavy atom. The number of nitrogens with zero attached hydrogens (tertiary/aromatic N) is 2. The maximum Gasteiger partial charge on any atom is 0.406 e. The van der Waals surface area contributed by atoms with Crippen LogP contribution in [-0.4, -0.2) is 29.7 Å². The van der Waals surface area contributed by atoms with E-state index in [0.717, 1.165) is 0 Å². The maximum atomic E-state index is 10.8. The first-order chi connectivity index (χ1) is 10.7. The smallest absolute Gasteiger partial charge is 0.406 e. The molecule has 0 amide bonds. The predicted molar refractivity (Wildman–Crippen MR) is 79.5 cm³/mol. The lowest BCUT2D eigenvalue weighted by atomic mass is 10.3. The molecular weight excluding hydrogens is 288 g/mol. The van der Waals surface area contributed by atoms with Gasteiger partial charge in [-0.3, -0.25) is 0 Å². The van der Waals surface area contributed by atoms with E-state index in [1.807, 2.05) is 25.1 Å². The standard InChI is InChI=1S/C15H16N2O5/c1-2-20-12-6-3-4-7-13(12)21-10-11-22-14-8-5-9-16-15(14)17(18)19/h3-9H,2,10-11H2,1H3. The zero-order valence-corrected chi connectivity index (χ0v) is 12.1. The molecule has 0 spiro atoms. The first-order valence-corrected chi connectivity index (χ1v) is 6.79. The van der Waals surface area contributed by atoms with Crippen molar-refractivity contribution < 1.29 is 19.1 Å². The van der Waals surface area contributed by atoms with Gasteiger partial charge in [-0.25, -0.2) is 0 Å². The van der Waals surface area contributed by atoms with Crippen LogP contribution in [0, 0.1) is 10.1 Å². The summed E-state index contributed by atoms with van der Waals surface area (Å²) in [6.45, 7) is 2.82. The summed E-state index contributed by atoms with van der Waals surface area (Å²) in [4.78, 5) is 13.9. The SMILES string of the molecule is CCOc1ccccc1OCCOc1cccnc1[N+](=O)[O-]. The molecule has 0 unspecified atom stereocenters. The fourth-order valence-electron chi connectivity index (χ4n) is 1.78. The van der Waals surface area contributed by atoms with Crippen LogP contribution in [0.25, 0.3) is 0 Å². The van der Waals surface area contributed by atoms with Crippen molar-refractivity contribution >= 4 is 5.82 Å².